The average Bonchev–Trinajstić information content (AvgIpc) is 3.04. The highest BCUT2D eigenvalue weighted by Crippen LogP contribution is 2.10. The Morgan fingerprint density at radius 2 is 2.33 bits per heavy atom. The second-order valence-corrected chi connectivity index (χ2v) is 5.94. The lowest BCUT2D eigenvalue weighted by molar-refractivity contribution is 0.111. The van der Waals surface area contributed by atoms with Gasteiger partial charge in [0.2, 0.25) is 0 Å². The summed E-state index contributed by atoms with van der Waals surface area (Å²) >= 11 is 0. The van der Waals surface area contributed by atoms with Crippen LogP contribution in [-0.2, 0) is 11.3 Å². The molecule has 2 N–H and O–H groups in total. The lowest BCUT2D eigenvalue weighted by Crippen LogP contribution is -2.41. The van der Waals surface area contributed by atoms with E-state index in [0.29, 0.717) is 19.0 Å². The lowest BCUT2D eigenvalue weighted by Gasteiger charge is -2.15. The van der Waals surface area contributed by atoms with Gasteiger partial charge in [-0.3, -0.25) is 4.68 Å². The van der Waals surface area contributed by atoms with E-state index in [2.05, 4.69) is 35.6 Å². The van der Waals surface area contributed by atoms with E-state index in [9.17, 15) is 4.79 Å². The van der Waals surface area contributed by atoms with Gasteiger partial charge in [0.05, 0.1) is 11.8 Å². The Kier molecular flexibility index (Phi) is 5.61. The van der Waals surface area contributed by atoms with Crippen molar-refractivity contribution in [1.82, 2.24) is 20.4 Å². The van der Waals surface area contributed by atoms with Gasteiger partial charge in [0.25, 0.3) is 0 Å². The molecule has 1 aromatic heterocycles. The first-order valence-electron chi connectivity index (χ1n) is 7.69. The molecule has 2 heterocycles. The number of nitrogens with zero attached hydrogens (tertiary/aromatic N) is 2. The summed E-state index contributed by atoms with van der Waals surface area (Å²) in [7, 11) is 0. The van der Waals surface area contributed by atoms with Crippen LogP contribution >= 0.6 is 0 Å². The monoisotopic (exact) mass is 294 g/mol. The van der Waals surface area contributed by atoms with Crippen molar-refractivity contribution in [3.8, 4) is 0 Å². The van der Waals surface area contributed by atoms with E-state index in [1.165, 1.54) is 0 Å². The van der Waals surface area contributed by atoms with Gasteiger partial charge in [0.15, 0.2) is 0 Å². The van der Waals surface area contributed by atoms with Crippen molar-refractivity contribution < 1.29 is 9.53 Å². The summed E-state index contributed by atoms with van der Waals surface area (Å²) in [5, 5.41) is 10.2. The first-order valence-corrected chi connectivity index (χ1v) is 7.69. The molecule has 0 bridgehead atoms. The number of aryl methyl sites for hydroxylation is 2. The lowest BCUT2D eigenvalue weighted by atomic mass is 10.2. The smallest absolute Gasteiger partial charge is 0.314 e. The minimum absolute atomic E-state index is 0.120. The molecule has 118 valence electrons. The second-order valence-electron chi connectivity index (χ2n) is 5.94. The normalized spacial score (nSPS) is 19.5. The number of aromatic nitrogens is 2. The number of hydrogen-bond donors (Lipinski definition) is 2. The maximum absolute atomic E-state index is 11.7. The molecular formula is C15H26N4O2. The summed E-state index contributed by atoms with van der Waals surface area (Å²) in [6, 6.07) is 1.94. The summed E-state index contributed by atoms with van der Waals surface area (Å²) in [5.74, 6) is 0.330. The van der Waals surface area contributed by atoms with Crippen molar-refractivity contribution in [2.75, 3.05) is 19.7 Å². The van der Waals surface area contributed by atoms with Crippen LogP contribution in [-0.4, -0.2) is 41.6 Å². The van der Waals surface area contributed by atoms with E-state index in [1.54, 1.807) is 0 Å². The van der Waals surface area contributed by atoms with Crippen molar-refractivity contribution in [1.29, 1.82) is 0 Å². The van der Waals surface area contributed by atoms with Crippen LogP contribution < -0.4 is 10.6 Å². The molecular weight excluding hydrogens is 268 g/mol. The number of carbonyl (C=O) groups excluding carboxylic acids is 1. The third-order valence-electron chi connectivity index (χ3n) is 3.71. The van der Waals surface area contributed by atoms with Crippen LogP contribution in [0.4, 0.5) is 4.79 Å². The first-order chi connectivity index (χ1) is 10.0. The number of hydrogen-bond acceptors (Lipinski definition) is 3. The molecule has 2 amide bonds. The highest BCUT2D eigenvalue weighted by molar-refractivity contribution is 5.73. The van der Waals surface area contributed by atoms with Gasteiger partial charge < -0.3 is 15.4 Å². The van der Waals surface area contributed by atoms with Gasteiger partial charge in [0, 0.05) is 31.9 Å². The molecule has 2 atom stereocenters. The molecule has 1 aromatic rings. The maximum Gasteiger partial charge on any atom is 0.314 e. The molecule has 6 nitrogen and oxygen atoms in total. The molecule has 21 heavy (non-hydrogen) atoms. The number of urea groups is 1. The number of ether oxygens (including phenoxy) is 1. The van der Waals surface area contributed by atoms with Crippen LogP contribution in [0.15, 0.2) is 6.07 Å². The van der Waals surface area contributed by atoms with Gasteiger partial charge in [0.1, 0.15) is 0 Å². The third kappa shape index (κ3) is 5.04. The Hall–Kier alpha value is -1.56. The Balaban J connectivity index is 1.64. The van der Waals surface area contributed by atoms with Crippen LogP contribution in [0, 0.1) is 19.8 Å². The fraction of sp³-hybridized carbons (Fsp3) is 0.733. The van der Waals surface area contributed by atoms with Gasteiger partial charge in [-0.15, -0.1) is 0 Å². The molecule has 0 aromatic carbocycles. The number of nitrogens with one attached hydrogen (secondary N) is 2. The third-order valence-corrected chi connectivity index (χ3v) is 3.71. The summed E-state index contributed by atoms with van der Waals surface area (Å²) in [5.41, 5.74) is 2.18. The van der Waals surface area contributed by atoms with E-state index in [4.69, 9.17) is 4.74 Å². The number of rotatable bonds is 6. The highest BCUT2D eigenvalue weighted by atomic mass is 16.5. The zero-order valence-electron chi connectivity index (χ0n) is 13.2. The van der Waals surface area contributed by atoms with Crippen molar-refractivity contribution >= 4 is 6.03 Å². The fourth-order valence-corrected chi connectivity index (χ4v) is 2.56. The molecule has 0 unspecified atom stereocenters. The maximum atomic E-state index is 11.7. The fourth-order valence-electron chi connectivity index (χ4n) is 2.56. The number of carbonyl (C=O) groups is 1. The van der Waals surface area contributed by atoms with Gasteiger partial charge in [-0.2, -0.15) is 5.10 Å². The quantitative estimate of drug-likeness (QED) is 0.837. The predicted octanol–water partition coefficient (Wildman–Crippen LogP) is 1.61. The molecule has 0 saturated carbocycles. The zero-order valence-corrected chi connectivity index (χ0v) is 13.2. The molecule has 1 fully saturated rings. The molecule has 6 heteroatoms. The standard InChI is InChI=1S/C15H26N4O2/c1-11(10-19-13(3)7-12(2)18-19)8-16-15(20)17-9-14-5-4-6-21-14/h7,11,14H,4-6,8-10H2,1-3H3,(H2,16,17,20)/t11-,14+/m0/s1. The topological polar surface area (TPSA) is 68.2 Å². The zero-order chi connectivity index (χ0) is 15.2. The van der Waals surface area contributed by atoms with E-state index in [0.717, 1.165) is 37.4 Å². The van der Waals surface area contributed by atoms with E-state index in [1.807, 2.05) is 11.6 Å². The van der Waals surface area contributed by atoms with Crippen molar-refractivity contribution in [3.05, 3.63) is 17.5 Å². The van der Waals surface area contributed by atoms with Crippen LogP contribution in [0.1, 0.15) is 31.2 Å². The Labute approximate surface area is 126 Å². The predicted molar refractivity (Wildman–Crippen MR) is 81.2 cm³/mol. The van der Waals surface area contributed by atoms with Gasteiger partial charge in [-0.1, -0.05) is 6.92 Å². The average molecular weight is 294 g/mol. The van der Waals surface area contributed by atoms with Crippen LogP contribution in [0.3, 0.4) is 0 Å². The minimum Gasteiger partial charge on any atom is -0.376 e. The summed E-state index contributed by atoms with van der Waals surface area (Å²) in [4.78, 5) is 11.7. The summed E-state index contributed by atoms with van der Waals surface area (Å²) < 4.78 is 7.46. The van der Waals surface area contributed by atoms with Crippen LogP contribution in [0.5, 0.6) is 0 Å². The van der Waals surface area contributed by atoms with Crippen molar-refractivity contribution in [3.63, 3.8) is 0 Å². The number of amides is 2. The van der Waals surface area contributed by atoms with E-state index < -0.39 is 0 Å². The SMILES string of the molecule is Cc1cc(C)n(C[C@@H](C)CNC(=O)NC[C@H]2CCCO2)n1. The molecule has 0 aliphatic carbocycles. The summed E-state index contributed by atoms with van der Waals surface area (Å²) in [6.45, 7) is 9.00. The van der Waals surface area contributed by atoms with Gasteiger partial charge in [-0.25, -0.2) is 4.79 Å². The van der Waals surface area contributed by atoms with Crippen LogP contribution in [0.25, 0.3) is 0 Å². The van der Waals surface area contributed by atoms with Crippen molar-refractivity contribution in [2.45, 2.75) is 46.3 Å². The van der Waals surface area contributed by atoms with Gasteiger partial charge >= 0.3 is 6.03 Å². The first kappa shape index (κ1) is 15.8. The molecule has 0 radical (unpaired) electrons. The van der Waals surface area contributed by atoms with E-state index in [-0.39, 0.29) is 12.1 Å². The Bertz CT molecular complexity index is 466. The molecule has 1 aliphatic heterocycles. The molecule has 1 aliphatic rings. The molecule has 2 rings (SSSR count). The van der Waals surface area contributed by atoms with Gasteiger partial charge in [-0.05, 0) is 38.7 Å². The highest BCUT2D eigenvalue weighted by Gasteiger charge is 2.16. The second kappa shape index (κ2) is 7.45. The van der Waals surface area contributed by atoms with E-state index >= 15 is 0 Å². The summed E-state index contributed by atoms with van der Waals surface area (Å²) in [6.07, 6.45) is 2.31. The largest absolute Gasteiger partial charge is 0.376 e. The Morgan fingerprint density at radius 3 is 2.95 bits per heavy atom. The Morgan fingerprint density at radius 1 is 1.52 bits per heavy atom. The van der Waals surface area contributed by atoms with Crippen LogP contribution in [0.2, 0.25) is 0 Å². The van der Waals surface area contributed by atoms with Crippen molar-refractivity contribution in [2.24, 2.45) is 5.92 Å². The molecule has 1 saturated heterocycles. The minimum atomic E-state index is -0.120. The molecule has 0 spiro atoms.